The molecule has 0 unspecified atom stereocenters. The number of hydrogen-bond acceptors (Lipinski definition) is 3. The second-order valence-electron chi connectivity index (χ2n) is 7.86. The molecule has 3 fully saturated rings. The van der Waals surface area contributed by atoms with Crippen molar-refractivity contribution in [1.29, 1.82) is 0 Å². The van der Waals surface area contributed by atoms with Crippen molar-refractivity contribution in [2.75, 3.05) is 0 Å². The van der Waals surface area contributed by atoms with Crippen molar-refractivity contribution in [2.45, 2.75) is 62.4 Å². The number of benzene rings is 1. The third-order valence-corrected chi connectivity index (χ3v) is 7.04. The Morgan fingerprint density at radius 1 is 1.00 bits per heavy atom. The molecule has 5 nitrogen and oxygen atoms in total. The van der Waals surface area contributed by atoms with Crippen LogP contribution >= 0.6 is 0 Å². The summed E-state index contributed by atoms with van der Waals surface area (Å²) in [5.41, 5.74) is 0.924. The summed E-state index contributed by atoms with van der Waals surface area (Å²) in [6, 6.07) is 6.89. The number of carbonyl (C=O) groups excluding carboxylic acids is 1. The lowest BCUT2D eigenvalue weighted by molar-refractivity contribution is -0.122. The van der Waals surface area contributed by atoms with Crippen LogP contribution in [0.4, 0.5) is 0 Å². The van der Waals surface area contributed by atoms with Gasteiger partial charge in [-0.15, -0.1) is 0 Å². The van der Waals surface area contributed by atoms with Crippen LogP contribution in [0, 0.1) is 17.8 Å². The smallest absolute Gasteiger partial charge is 0.240 e. The van der Waals surface area contributed by atoms with E-state index in [1.165, 1.54) is 25.7 Å². The summed E-state index contributed by atoms with van der Waals surface area (Å²) < 4.78 is 27.0. The van der Waals surface area contributed by atoms with E-state index in [0.29, 0.717) is 18.9 Å². The van der Waals surface area contributed by atoms with E-state index in [2.05, 4.69) is 10.0 Å². The molecule has 1 aromatic rings. The molecule has 0 radical (unpaired) electrons. The van der Waals surface area contributed by atoms with Crippen molar-refractivity contribution in [1.82, 2.24) is 10.0 Å². The van der Waals surface area contributed by atoms with Crippen LogP contribution in [0.15, 0.2) is 29.2 Å². The molecule has 3 saturated carbocycles. The maximum absolute atomic E-state index is 12.2. The van der Waals surface area contributed by atoms with E-state index in [-0.39, 0.29) is 16.8 Å². The first kappa shape index (κ1) is 17.0. The maximum Gasteiger partial charge on any atom is 0.240 e. The second-order valence-corrected chi connectivity index (χ2v) is 9.57. The Labute approximate surface area is 149 Å². The highest BCUT2D eigenvalue weighted by atomic mass is 32.2. The van der Waals surface area contributed by atoms with Crippen molar-refractivity contribution in [3.05, 3.63) is 29.8 Å². The minimum absolute atomic E-state index is 0.106. The van der Waals surface area contributed by atoms with E-state index in [1.54, 1.807) is 24.3 Å². The van der Waals surface area contributed by atoms with E-state index in [4.69, 9.17) is 0 Å². The lowest BCUT2D eigenvalue weighted by atomic mass is 9.94. The Balaban J connectivity index is 1.28. The van der Waals surface area contributed by atoms with Crippen LogP contribution in [0.25, 0.3) is 0 Å². The molecule has 0 bridgehead atoms. The first-order valence-electron chi connectivity index (χ1n) is 9.39. The molecule has 3 aliphatic carbocycles. The van der Waals surface area contributed by atoms with Gasteiger partial charge in [0, 0.05) is 19.0 Å². The predicted octanol–water partition coefficient (Wildman–Crippen LogP) is 2.57. The number of rotatable bonds is 9. The zero-order valence-electron chi connectivity index (χ0n) is 14.4. The molecule has 2 N–H and O–H groups in total. The summed E-state index contributed by atoms with van der Waals surface area (Å²) >= 11 is 0. The average molecular weight is 362 g/mol. The first-order chi connectivity index (χ1) is 12.0. The Morgan fingerprint density at radius 3 is 2.12 bits per heavy atom. The van der Waals surface area contributed by atoms with Gasteiger partial charge in [0.25, 0.3) is 0 Å². The third kappa shape index (κ3) is 4.61. The fourth-order valence-corrected chi connectivity index (χ4v) is 4.83. The van der Waals surface area contributed by atoms with Crippen molar-refractivity contribution < 1.29 is 13.2 Å². The van der Waals surface area contributed by atoms with Crippen LogP contribution in [0.3, 0.4) is 0 Å². The minimum Gasteiger partial charge on any atom is -0.352 e. The van der Waals surface area contributed by atoms with Gasteiger partial charge in [-0.3, -0.25) is 4.79 Å². The van der Waals surface area contributed by atoms with E-state index in [9.17, 15) is 13.2 Å². The number of amides is 1. The highest BCUT2D eigenvalue weighted by molar-refractivity contribution is 7.89. The first-order valence-corrected chi connectivity index (χ1v) is 10.9. The molecule has 1 aromatic carbocycles. The molecule has 0 spiro atoms. The summed E-state index contributed by atoms with van der Waals surface area (Å²) in [4.78, 5) is 12.5. The molecular weight excluding hydrogens is 336 g/mol. The van der Waals surface area contributed by atoms with Crippen molar-refractivity contribution in [2.24, 2.45) is 17.8 Å². The third-order valence-electron chi connectivity index (χ3n) is 5.50. The number of nitrogens with one attached hydrogen (secondary N) is 2. The summed E-state index contributed by atoms with van der Waals surface area (Å²) in [6.07, 6.45) is 7.66. The zero-order valence-corrected chi connectivity index (χ0v) is 15.2. The van der Waals surface area contributed by atoms with Gasteiger partial charge in [0.15, 0.2) is 0 Å². The van der Waals surface area contributed by atoms with Gasteiger partial charge in [-0.25, -0.2) is 13.1 Å². The standard InChI is InChI=1S/C19H26N2O3S/c22-19(11-18(14-3-4-14)15-5-6-15)20-12-13-1-9-17(10-2-13)25(23,24)21-16-7-8-16/h1-2,9-10,14-16,18,21H,3-8,11-12H2,(H,20,22). The fourth-order valence-electron chi connectivity index (χ4n) is 3.53. The SMILES string of the molecule is O=C(CC(C1CC1)C1CC1)NCc1ccc(S(=O)(=O)NC2CC2)cc1. The van der Waals surface area contributed by atoms with Gasteiger partial charge in [0.2, 0.25) is 15.9 Å². The largest absolute Gasteiger partial charge is 0.352 e. The lowest BCUT2D eigenvalue weighted by Crippen LogP contribution is -2.27. The Hall–Kier alpha value is -1.40. The number of sulfonamides is 1. The number of hydrogen-bond donors (Lipinski definition) is 2. The van der Waals surface area contributed by atoms with E-state index in [0.717, 1.165) is 30.2 Å². The summed E-state index contributed by atoms with van der Waals surface area (Å²) in [5.74, 6) is 2.26. The van der Waals surface area contributed by atoms with E-state index >= 15 is 0 Å². The molecule has 0 heterocycles. The van der Waals surface area contributed by atoms with Gasteiger partial charge in [-0.1, -0.05) is 12.1 Å². The van der Waals surface area contributed by atoms with Crippen LogP contribution in [-0.4, -0.2) is 20.4 Å². The van der Waals surface area contributed by atoms with Crippen LogP contribution < -0.4 is 10.0 Å². The molecule has 4 rings (SSSR count). The van der Waals surface area contributed by atoms with Crippen LogP contribution in [-0.2, 0) is 21.4 Å². The summed E-state index contributed by atoms with van der Waals surface area (Å²) in [6.45, 7) is 0.456. The van der Waals surface area contributed by atoms with Gasteiger partial charge < -0.3 is 5.32 Å². The van der Waals surface area contributed by atoms with Crippen molar-refractivity contribution >= 4 is 15.9 Å². The predicted molar refractivity (Wildman–Crippen MR) is 95.2 cm³/mol. The second kappa shape index (κ2) is 6.72. The molecule has 6 heteroatoms. The Morgan fingerprint density at radius 2 is 1.60 bits per heavy atom. The molecule has 0 aromatic heterocycles. The average Bonchev–Trinajstić information content (AvgIpc) is 3.45. The number of carbonyl (C=O) groups is 1. The lowest BCUT2D eigenvalue weighted by Gasteiger charge is -2.15. The summed E-state index contributed by atoms with van der Waals surface area (Å²) in [5, 5.41) is 2.99. The zero-order chi connectivity index (χ0) is 17.4. The van der Waals surface area contributed by atoms with Gasteiger partial charge in [-0.05, 0) is 74.0 Å². The quantitative estimate of drug-likeness (QED) is 0.709. The molecule has 25 heavy (non-hydrogen) atoms. The Kier molecular flexibility index (Phi) is 4.58. The minimum atomic E-state index is -3.40. The van der Waals surface area contributed by atoms with Crippen LogP contribution in [0.2, 0.25) is 0 Å². The highest BCUT2D eigenvalue weighted by Crippen LogP contribution is 2.50. The topological polar surface area (TPSA) is 75.3 Å². The normalized spacial score (nSPS) is 20.7. The molecule has 3 aliphatic rings. The highest BCUT2D eigenvalue weighted by Gasteiger charge is 2.42. The molecule has 0 atom stereocenters. The van der Waals surface area contributed by atoms with Crippen molar-refractivity contribution in [3.8, 4) is 0 Å². The van der Waals surface area contributed by atoms with Gasteiger partial charge in [0.1, 0.15) is 0 Å². The van der Waals surface area contributed by atoms with Gasteiger partial charge in [-0.2, -0.15) is 0 Å². The maximum atomic E-state index is 12.2. The molecule has 0 saturated heterocycles. The van der Waals surface area contributed by atoms with Crippen LogP contribution in [0.5, 0.6) is 0 Å². The molecular formula is C19H26N2O3S. The Bertz CT molecular complexity index is 720. The van der Waals surface area contributed by atoms with E-state index in [1.807, 2.05) is 0 Å². The van der Waals surface area contributed by atoms with Gasteiger partial charge >= 0.3 is 0 Å². The van der Waals surface area contributed by atoms with Gasteiger partial charge in [0.05, 0.1) is 4.90 Å². The fraction of sp³-hybridized carbons (Fsp3) is 0.632. The molecule has 1 amide bonds. The summed E-state index contributed by atoms with van der Waals surface area (Å²) in [7, 11) is -3.40. The molecule has 0 aliphatic heterocycles. The van der Waals surface area contributed by atoms with Crippen molar-refractivity contribution in [3.63, 3.8) is 0 Å². The van der Waals surface area contributed by atoms with E-state index < -0.39 is 10.0 Å². The van der Waals surface area contributed by atoms with Crippen LogP contribution in [0.1, 0.15) is 50.5 Å². The molecule has 136 valence electrons. The monoisotopic (exact) mass is 362 g/mol.